The first kappa shape index (κ1) is 15.4. The number of hydrogen-bond donors (Lipinski definition) is 2. The van der Waals surface area contributed by atoms with Gasteiger partial charge in [0.1, 0.15) is 5.69 Å². The molecule has 4 rings (SSSR count). The third-order valence-corrected chi connectivity index (χ3v) is 4.57. The lowest BCUT2D eigenvalue weighted by Crippen LogP contribution is -2.15. The standard InChI is InChI=1S/C19H18N4O2/c1-11-4-2-3-5-14(11)18(24)13-8-16(19(20)25)23(10-13)17-9-15(21-22-17)12-6-7-12/h2-5,8-10,12H,6-7H2,1H3,(H2,20,25)(H,21,22). The molecule has 6 heteroatoms. The summed E-state index contributed by atoms with van der Waals surface area (Å²) in [4.78, 5) is 24.7. The Bertz CT molecular complexity index is 979. The molecular formula is C19H18N4O2. The molecule has 3 N–H and O–H groups in total. The molecule has 1 aliphatic rings. The molecule has 1 amide bonds. The van der Waals surface area contributed by atoms with Crippen molar-refractivity contribution in [2.24, 2.45) is 5.73 Å². The summed E-state index contributed by atoms with van der Waals surface area (Å²) in [5.41, 5.74) is 8.70. The van der Waals surface area contributed by atoms with Gasteiger partial charge in [0.25, 0.3) is 5.91 Å². The Morgan fingerprint density at radius 1 is 1.24 bits per heavy atom. The van der Waals surface area contributed by atoms with Crippen LogP contribution in [0.5, 0.6) is 0 Å². The van der Waals surface area contributed by atoms with Crippen molar-refractivity contribution in [2.75, 3.05) is 0 Å². The number of primary amides is 1. The number of ketones is 1. The van der Waals surface area contributed by atoms with Crippen LogP contribution in [-0.2, 0) is 0 Å². The van der Waals surface area contributed by atoms with E-state index in [1.54, 1.807) is 16.8 Å². The lowest BCUT2D eigenvalue weighted by atomic mass is 10.0. The van der Waals surface area contributed by atoms with Crippen molar-refractivity contribution in [3.8, 4) is 5.82 Å². The number of aryl methyl sites for hydroxylation is 1. The van der Waals surface area contributed by atoms with E-state index in [1.165, 1.54) is 6.07 Å². The number of nitrogens with two attached hydrogens (primary N) is 1. The van der Waals surface area contributed by atoms with Crippen molar-refractivity contribution in [1.82, 2.24) is 14.8 Å². The van der Waals surface area contributed by atoms with Crippen LogP contribution in [0.15, 0.2) is 42.6 Å². The summed E-state index contributed by atoms with van der Waals surface area (Å²) in [5.74, 6) is 0.346. The molecule has 1 saturated carbocycles. The van der Waals surface area contributed by atoms with Gasteiger partial charge in [0.05, 0.1) is 0 Å². The van der Waals surface area contributed by atoms with Gasteiger partial charge in [0.15, 0.2) is 11.6 Å². The molecule has 0 radical (unpaired) electrons. The molecule has 0 aliphatic heterocycles. The Balaban J connectivity index is 1.76. The van der Waals surface area contributed by atoms with E-state index < -0.39 is 5.91 Å². The van der Waals surface area contributed by atoms with Crippen molar-refractivity contribution in [2.45, 2.75) is 25.7 Å². The van der Waals surface area contributed by atoms with Gasteiger partial charge in [-0.05, 0) is 31.4 Å². The second-order valence-corrected chi connectivity index (χ2v) is 6.45. The van der Waals surface area contributed by atoms with Crippen molar-refractivity contribution >= 4 is 11.7 Å². The number of H-pyrrole nitrogens is 1. The summed E-state index contributed by atoms with van der Waals surface area (Å²) >= 11 is 0. The normalized spacial score (nSPS) is 13.8. The van der Waals surface area contributed by atoms with Gasteiger partial charge < -0.3 is 5.73 Å². The first-order chi connectivity index (χ1) is 12.0. The first-order valence-corrected chi connectivity index (χ1v) is 8.23. The zero-order valence-electron chi connectivity index (χ0n) is 13.8. The third-order valence-electron chi connectivity index (χ3n) is 4.57. The number of amides is 1. The van der Waals surface area contributed by atoms with E-state index in [0.29, 0.717) is 22.9 Å². The number of aromatic nitrogens is 3. The molecule has 0 atom stereocenters. The molecule has 25 heavy (non-hydrogen) atoms. The third kappa shape index (κ3) is 2.76. The maximum atomic E-state index is 12.8. The van der Waals surface area contributed by atoms with Gasteiger partial charge in [-0.15, -0.1) is 0 Å². The molecule has 6 nitrogen and oxygen atoms in total. The number of rotatable bonds is 5. The number of aromatic amines is 1. The van der Waals surface area contributed by atoms with Crippen LogP contribution >= 0.6 is 0 Å². The van der Waals surface area contributed by atoms with Crippen LogP contribution in [0.4, 0.5) is 0 Å². The first-order valence-electron chi connectivity index (χ1n) is 8.23. The summed E-state index contributed by atoms with van der Waals surface area (Å²) in [5, 5.41) is 7.28. The highest BCUT2D eigenvalue weighted by Gasteiger charge is 2.26. The number of carbonyl (C=O) groups excluding carboxylic acids is 2. The molecular weight excluding hydrogens is 316 g/mol. The van der Waals surface area contributed by atoms with E-state index in [1.807, 2.05) is 31.2 Å². The average molecular weight is 334 g/mol. The minimum Gasteiger partial charge on any atom is -0.364 e. The summed E-state index contributed by atoms with van der Waals surface area (Å²) in [6.07, 6.45) is 3.92. The maximum absolute atomic E-state index is 12.8. The second kappa shape index (κ2) is 5.73. The Morgan fingerprint density at radius 2 is 2.00 bits per heavy atom. The zero-order chi connectivity index (χ0) is 17.6. The van der Waals surface area contributed by atoms with E-state index in [9.17, 15) is 9.59 Å². The molecule has 0 saturated heterocycles. The Morgan fingerprint density at radius 3 is 2.68 bits per heavy atom. The number of carbonyl (C=O) groups is 2. The number of benzene rings is 1. The predicted molar refractivity (Wildman–Crippen MR) is 93.0 cm³/mol. The van der Waals surface area contributed by atoms with E-state index in [4.69, 9.17) is 5.73 Å². The van der Waals surface area contributed by atoms with Crippen LogP contribution in [0.2, 0.25) is 0 Å². The number of hydrogen-bond acceptors (Lipinski definition) is 3. The Hall–Kier alpha value is -3.15. The van der Waals surface area contributed by atoms with Gasteiger partial charge in [-0.25, -0.2) is 0 Å². The summed E-state index contributed by atoms with van der Waals surface area (Å²) in [6.45, 7) is 1.88. The quantitative estimate of drug-likeness (QED) is 0.702. The van der Waals surface area contributed by atoms with Crippen LogP contribution in [0, 0.1) is 6.92 Å². The van der Waals surface area contributed by atoms with E-state index in [2.05, 4.69) is 10.2 Å². The van der Waals surface area contributed by atoms with Crippen molar-refractivity contribution in [1.29, 1.82) is 0 Å². The molecule has 2 heterocycles. The van der Waals surface area contributed by atoms with Gasteiger partial charge in [0.2, 0.25) is 0 Å². The van der Waals surface area contributed by atoms with E-state index in [0.717, 1.165) is 24.1 Å². The van der Waals surface area contributed by atoms with Crippen LogP contribution in [-0.4, -0.2) is 26.5 Å². The largest absolute Gasteiger partial charge is 0.364 e. The van der Waals surface area contributed by atoms with Crippen molar-refractivity contribution < 1.29 is 9.59 Å². The van der Waals surface area contributed by atoms with Crippen LogP contribution in [0.3, 0.4) is 0 Å². The highest BCUT2D eigenvalue weighted by atomic mass is 16.1. The second-order valence-electron chi connectivity index (χ2n) is 6.45. The van der Waals surface area contributed by atoms with Gasteiger partial charge in [-0.2, -0.15) is 5.10 Å². The molecule has 0 bridgehead atoms. The van der Waals surface area contributed by atoms with E-state index in [-0.39, 0.29) is 11.5 Å². The minimum absolute atomic E-state index is 0.141. The van der Waals surface area contributed by atoms with Crippen LogP contribution in [0.25, 0.3) is 5.82 Å². The summed E-state index contributed by atoms with van der Waals surface area (Å²) in [6, 6.07) is 10.8. The number of nitrogens with one attached hydrogen (secondary N) is 1. The molecule has 1 aromatic carbocycles. The Kier molecular flexibility index (Phi) is 3.53. The Labute approximate surface area is 144 Å². The monoisotopic (exact) mass is 334 g/mol. The lowest BCUT2D eigenvalue weighted by molar-refractivity contribution is 0.0993. The molecule has 0 spiro atoms. The SMILES string of the molecule is Cc1ccccc1C(=O)c1cc(C(N)=O)n(-c2cc(C3CC3)[nH]n2)c1. The molecule has 126 valence electrons. The fourth-order valence-electron chi connectivity index (χ4n) is 3.00. The van der Waals surface area contributed by atoms with Crippen molar-refractivity contribution in [3.63, 3.8) is 0 Å². The summed E-state index contributed by atoms with van der Waals surface area (Å²) in [7, 11) is 0. The fraction of sp³-hybridized carbons (Fsp3) is 0.211. The van der Waals surface area contributed by atoms with Gasteiger partial charge in [0, 0.05) is 35.0 Å². The average Bonchev–Trinajstić information content (AvgIpc) is 3.16. The fourth-order valence-corrected chi connectivity index (χ4v) is 3.00. The van der Waals surface area contributed by atoms with Gasteiger partial charge >= 0.3 is 0 Å². The smallest absolute Gasteiger partial charge is 0.265 e. The van der Waals surface area contributed by atoms with Crippen molar-refractivity contribution in [3.05, 3.63) is 70.7 Å². The number of nitrogens with zero attached hydrogens (tertiary/aromatic N) is 2. The molecule has 1 fully saturated rings. The van der Waals surface area contributed by atoms with Gasteiger partial charge in [-0.3, -0.25) is 19.3 Å². The maximum Gasteiger partial charge on any atom is 0.265 e. The minimum atomic E-state index is -0.597. The van der Waals surface area contributed by atoms with E-state index >= 15 is 0 Å². The topological polar surface area (TPSA) is 93.8 Å². The molecule has 1 aliphatic carbocycles. The highest BCUT2D eigenvalue weighted by molar-refractivity contribution is 6.11. The van der Waals surface area contributed by atoms with Crippen LogP contribution < -0.4 is 5.73 Å². The lowest BCUT2D eigenvalue weighted by Gasteiger charge is -2.02. The highest BCUT2D eigenvalue weighted by Crippen LogP contribution is 2.39. The summed E-state index contributed by atoms with van der Waals surface area (Å²) < 4.78 is 1.58. The molecule has 0 unspecified atom stereocenters. The molecule has 2 aromatic heterocycles. The van der Waals surface area contributed by atoms with Gasteiger partial charge in [-0.1, -0.05) is 24.3 Å². The molecule has 3 aromatic rings. The zero-order valence-corrected chi connectivity index (χ0v) is 13.8. The van der Waals surface area contributed by atoms with Crippen LogP contribution in [0.1, 0.15) is 56.4 Å². The predicted octanol–water partition coefficient (Wildman–Crippen LogP) is 2.72.